The zero-order chi connectivity index (χ0) is 58.3. The maximum Gasteiger partial charge on any atom is 2.00 e. The van der Waals surface area contributed by atoms with E-state index >= 15 is 0 Å². The van der Waals surface area contributed by atoms with E-state index in [9.17, 15) is 21.2 Å². The molecule has 10 heteroatoms. The van der Waals surface area contributed by atoms with Crippen molar-refractivity contribution >= 4 is 49.5 Å². The first-order chi connectivity index (χ1) is 37.7. The van der Waals surface area contributed by atoms with E-state index in [1.54, 1.807) is 18.7 Å². The molecule has 81 heavy (non-hydrogen) atoms. The molecular weight excluding hydrogens is 1260 g/mol. The molecule has 0 saturated heterocycles. The summed E-state index contributed by atoms with van der Waals surface area (Å²) in [5.41, 5.74) is 7.26. The van der Waals surface area contributed by atoms with Gasteiger partial charge < -0.3 is 24.8 Å². The van der Waals surface area contributed by atoms with Crippen molar-refractivity contribution < 1.29 is 37.7 Å². The summed E-state index contributed by atoms with van der Waals surface area (Å²) in [5.74, 6) is -3.04. The molecule has 0 unspecified atom stereocenters. The molecule has 7 aromatic carbocycles. The first-order valence-corrected chi connectivity index (χ1v) is 42.6. The van der Waals surface area contributed by atoms with E-state index in [2.05, 4.69) is 275 Å². The van der Waals surface area contributed by atoms with Gasteiger partial charge in [0.25, 0.3) is 0 Å². The Kier molecular flexibility index (Phi) is 23.7. The van der Waals surface area contributed by atoms with Crippen LogP contribution in [0.4, 0.5) is 0 Å². The fourth-order valence-electron chi connectivity index (χ4n) is 12.9. The van der Waals surface area contributed by atoms with Crippen LogP contribution in [-0.2, 0) is 50.4 Å². The van der Waals surface area contributed by atoms with E-state index < -0.39 is 49.5 Å². The molecule has 0 amide bonds. The molecule has 1 aromatic heterocycles. The number of aromatic carboxylic acids is 2. The minimum Gasteiger partial charge on any atom is -0.545 e. The Morgan fingerprint density at radius 2 is 0.568 bits per heavy atom. The van der Waals surface area contributed by atoms with Crippen LogP contribution in [0.1, 0.15) is 137 Å². The Morgan fingerprint density at radius 1 is 0.370 bits per heavy atom. The van der Waals surface area contributed by atoms with Crippen LogP contribution in [0.25, 0.3) is 0 Å². The number of benzene rings is 7. The fourth-order valence-corrected chi connectivity index (χ4v) is 75.8. The third kappa shape index (κ3) is 18.9. The maximum absolute atomic E-state index is 10.3. The first-order valence-electron chi connectivity index (χ1n) is 28.2. The zero-order valence-electron chi connectivity index (χ0n) is 49.9. The number of imidazole rings is 1. The standard InChI is InChI=1S/6C10H13.C8H6O4.C3H4N2.Ni.O.2Sn/c6*1-10(2,3)9-7-5-4-6-8-9;9-7(10)5-3-1-2-4-6(5)8(11)12;1-2-5-3-4-1;;;;/h6*4-8H,1H2,2-3H3;1-4H,(H,9,10)(H,11,12);1-3H,(H,4,5);;;;/q;;;;;;;;+2;;;/p-2. The second-order valence-electron chi connectivity index (χ2n) is 25.9. The van der Waals surface area contributed by atoms with Gasteiger partial charge in [0.05, 0.1) is 18.3 Å². The van der Waals surface area contributed by atoms with Crippen molar-refractivity contribution in [3.63, 3.8) is 0 Å². The average molecular weight is 1340 g/mol. The van der Waals surface area contributed by atoms with Gasteiger partial charge in [-0.3, -0.25) is 0 Å². The van der Waals surface area contributed by atoms with Crippen LogP contribution in [0.15, 0.2) is 225 Å². The molecule has 8 aromatic rings. The smallest absolute Gasteiger partial charge is 0.545 e. The zero-order valence-corrected chi connectivity index (χ0v) is 56.6. The van der Waals surface area contributed by atoms with Crippen LogP contribution >= 0.6 is 0 Å². The summed E-state index contributed by atoms with van der Waals surface area (Å²) in [6.45, 7) is 30.4. The Morgan fingerprint density at radius 3 is 0.716 bits per heavy atom. The summed E-state index contributed by atoms with van der Waals surface area (Å²) < 4.78 is 16.1. The number of H-pyrrole nitrogens is 1. The molecule has 0 fully saturated rings. The van der Waals surface area contributed by atoms with Crippen LogP contribution < -0.4 is 10.2 Å². The van der Waals surface area contributed by atoms with Gasteiger partial charge in [-0.2, -0.15) is 0 Å². The van der Waals surface area contributed by atoms with E-state index in [0.717, 1.165) is 38.8 Å². The Hall–Kier alpha value is -5.26. The molecule has 428 valence electrons. The molecule has 0 aliphatic rings. The van der Waals surface area contributed by atoms with Crippen LogP contribution in [0.5, 0.6) is 0 Å². The van der Waals surface area contributed by atoms with Crippen molar-refractivity contribution in [2.24, 2.45) is 0 Å². The summed E-state index contributed by atoms with van der Waals surface area (Å²) in [4.78, 5) is 27.1. The minimum atomic E-state index is -4.11. The van der Waals surface area contributed by atoms with Gasteiger partial charge in [0.15, 0.2) is 0 Å². The predicted molar refractivity (Wildman–Crippen MR) is 332 cm³/mol. The molecule has 1 heterocycles. The molecule has 0 saturated carbocycles. The molecule has 0 atom stereocenters. The topological polar surface area (TPSA) is 118 Å². The van der Waals surface area contributed by atoms with E-state index in [1.807, 2.05) is 0 Å². The molecule has 0 spiro atoms. The summed E-state index contributed by atoms with van der Waals surface area (Å²) in [7, 11) is 0. The molecular formula is C71H86N2NiO5Sn2. The second kappa shape index (κ2) is 28.8. The molecule has 1 N–H and O–H groups in total. The summed E-state index contributed by atoms with van der Waals surface area (Å²) in [6, 6.07) is 73.7. The van der Waals surface area contributed by atoms with Gasteiger partial charge in [-0.15, -0.1) is 0 Å². The number of carboxylic acid groups (broad SMARTS) is 2. The third-order valence-corrected chi connectivity index (χ3v) is 61.3. The van der Waals surface area contributed by atoms with E-state index in [4.69, 9.17) is 0 Å². The van der Waals surface area contributed by atoms with Crippen molar-refractivity contribution in [1.29, 1.82) is 0 Å². The van der Waals surface area contributed by atoms with Gasteiger partial charge >= 0.3 is 413 Å². The van der Waals surface area contributed by atoms with Crippen molar-refractivity contribution in [2.75, 3.05) is 0 Å². The summed E-state index contributed by atoms with van der Waals surface area (Å²) >= 11 is -8.23. The first kappa shape index (κ1) is 66.5. The number of nitrogens with one attached hydrogen (secondary N) is 1. The fraction of sp³-hybridized carbons (Fsp3) is 0.338. The molecule has 0 radical (unpaired) electrons. The number of nitrogens with zero attached hydrogens (tertiary/aromatic N) is 1. The van der Waals surface area contributed by atoms with E-state index in [-0.39, 0.29) is 60.1 Å². The number of hydrogen-bond donors (Lipinski definition) is 1. The van der Waals surface area contributed by atoms with Gasteiger partial charge in [0.1, 0.15) is 0 Å². The van der Waals surface area contributed by atoms with Gasteiger partial charge in [-0.1, -0.05) is 24.3 Å². The number of hydrogen-bond acceptors (Lipinski definition) is 6. The number of carbonyl (C=O) groups is 2. The number of aromatic nitrogens is 2. The van der Waals surface area contributed by atoms with Crippen LogP contribution in [0.3, 0.4) is 0 Å². The van der Waals surface area contributed by atoms with Gasteiger partial charge in [-0.05, 0) is 0 Å². The summed E-state index contributed by atoms with van der Waals surface area (Å²) in [5, 5.41) is 20.6. The maximum atomic E-state index is 10.3. The van der Waals surface area contributed by atoms with Crippen LogP contribution in [0.2, 0.25) is 26.6 Å². The Balaban J connectivity index is 0.000000569. The van der Waals surface area contributed by atoms with Crippen LogP contribution in [0, 0.1) is 0 Å². The van der Waals surface area contributed by atoms with Gasteiger partial charge in [0.2, 0.25) is 0 Å². The number of carbonyl (C=O) groups excluding carboxylic acids is 2. The Bertz CT molecular complexity index is 2660. The molecule has 8 rings (SSSR count). The van der Waals surface area contributed by atoms with Gasteiger partial charge in [0, 0.05) is 23.5 Å². The monoisotopic (exact) mass is 1340 g/mol. The normalized spacial score (nSPS) is 12.4. The molecule has 0 aliphatic carbocycles. The average Bonchev–Trinajstić information content (AvgIpc) is 4.17. The number of aromatic amines is 1. The van der Waals surface area contributed by atoms with E-state index in [1.165, 1.54) is 45.5 Å². The van der Waals surface area contributed by atoms with Crippen molar-refractivity contribution in [2.45, 2.75) is 142 Å². The number of rotatable bonds is 22. The van der Waals surface area contributed by atoms with E-state index in [0.29, 0.717) is 0 Å². The van der Waals surface area contributed by atoms with Gasteiger partial charge in [-0.25, -0.2) is 4.98 Å². The largest absolute Gasteiger partial charge is 2.00 e. The van der Waals surface area contributed by atoms with Crippen LogP contribution in [-0.4, -0.2) is 59.5 Å². The minimum absolute atomic E-state index is 0. The van der Waals surface area contributed by atoms with Crippen molar-refractivity contribution in [3.8, 4) is 0 Å². The number of carboxylic acids is 2. The molecule has 0 bridgehead atoms. The van der Waals surface area contributed by atoms with Crippen molar-refractivity contribution in [3.05, 3.63) is 269 Å². The van der Waals surface area contributed by atoms with Crippen molar-refractivity contribution in [1.82, 2.24) is 9.97 Å². The predicted octanol–water partition coefficient (Wildman–Crippen LogP) is 15.6. The molecule has 0 aliphatic heterocycles. The second-order valence-corrected chi connectivity index (χ2v) is 50.0. The third-order valence-electron chi connectivity index (χ3n) is 16.1. The SMILES string of the molecule is CC(C)([CH2][Sn]([CH2]C(C)(C)c1ccccc1)([CH2]C(C)(C)c1ccccc1)[O][Sn]([CH2]C(C)(C)c1ccccc1)([CH2]C(C)(C)c1ccccc1)[CH2]C(C)(C)c1ccccc1)c1ccccc1.O=C([O-])c1ccccc1C(=O)[O-].[Ni+2].c1c[nH]cn1. The summed E-state index contributed by atoms with van der Waals surface area (Å²) in [6.07, 6.45) is 5.08. The Labute approximate surface area is 504 Å². The molecule has 7 nitrogen and oxygen atoms in total. The quantitative estimate of drug-likeness (QED) is 0.0675.